The smallest absolute Gasteiger partial charge is 0.177 e. The zero-order valence-corrected chi connectivity index (χ0v) is 8.46. The summed E-state index contributed by atoms with van der Waals surface area (Å²) in [7, 11) is -3.44. The summed E-state index contributed by atoms with van der Waals surface area (Å²) in [5, 5.41) is 25.2. The molecule has 3 unspecified atom stereocenters. The molecular weight excluding hydrogens is 200 g/mol. The minimum absolute atomic E-state index is 1.25. The van der Waals surface area contributed by atoms with Gasteiger partial charge in [-0.3, -0.25) is 0 Å². The predicted octanol–water partition coefficient (Wildman–Crippen LogP) is 1.11. The molecule has 6 heteroatoms. The molecule has 0 bridgehead atoms. The number of nitrogens with zero attached hydrogens (tertiary/aromatic N) is 1. The Bertz CT molecular complexity index is 223. The molecule has 0 aliphatic heterocycles. The van der Waals surface area contributed by atoms with E-state index in [0.29, 0.717) is 0 Å². The first-order chi connectivity index (χ1) is 5.37. The number of rotatable bonds is 3. The number of halogens is 1. The van der Waals surface area contributed by atoms with Gasteiger partial charge in [-0.1, -0.05) is 11.6 Å². The molecule has 0 aliphatic rings. The van der Waals surface area contributed by atoms with Gasteiger partial charge in [-0.2, -0.15) is 5.26 Å². The number of aliphatic hydroxyl groups is 2. The molecule has 0 aromatic rings. The average Bonchev–Trinajstić information content (AvgIpc) is 2.00. The van der Waals surface area contributed by atoms with Gasteiger partial charge in [0.2, 0.25) is 0 Å². The largest absolute Gasteiger partial charge is 0.385 e. The van der Waals surface area contributed by atoms with Gasteiger partial charge in [-0.25, -0.2) is 0 Å². The van der Waals surface area contributed by atoms with Crippen LogP contribution in [0.2, 0.25) is 0 Å². The summed E-state index contributed by atoms with van der Waals surface area (Å²) in [4.78, 5) is 0. The Morgan fingerprint density at radius 3 is 1.83 bits per heavy atom. The van der Waals surface area contributed by atoms with Crippen molar-refractivity contribution in [1.29, 1.82) is 5.26 Å². The van der Waals surface area contributed by atoms with Crippen LogP contribution in [0, 0.1) is 11.3 Å². The van der Waals surface area contributed by atoms with Crippen LogP contribution >= 0.6 is 18.7 Å². The second-order valence-electron chi connectivity index (χ2n) is 2.49. The van der Waals surface area contributed by atoms with Crippen molar-refractivity contribution in [1.82, 2.24) is 0 Å². The maximum Gasteiger partial charge on any atom is 0.177 e. The van der Waals surface area contributed by atoms with E-state index in [9.17, 15) is 4.57 Å². The summed E-state index contributed by atoms with van der Waals surface area (Å²) in [6, 6.07) is 1.55. The van der Waals surface area contributed by atoms with Crippen molar-refractivity contribution in [2.24, 2.45) is 0 Å². The lowest BCUT2D eigenvalue weighted by Gasteiger charge is -2.24. The molecule has 0 aromatic carbocycles. The van der Waals surface area contributed by atoms with Gasteiger partial charge < -0.3 is 14.8 Å². The fourth-order valence-electron chi connectivity index (χ4n) is 0.781. The topological polar surface area (TPSA) is 81.3 Å². The van der Waals surface area contributed by atoms with E-state index >= 15 is 0 Å². The molecule has 0 saturated carbocycles. The zero-order chi connectivity index (χ0) is 9.94. The Labute approximate surface area is 76.1 Å². The molecule has 0 aromatic heterocycles. The van der Waals surface area contributed by atoms with E-state index in [1.807, 2.05) is 0 Å². The van der Waals surface area contributed by atoms with Crippen LogP contribution < -0.4 is 0 Å². The highest BCUT2D eigenvalue weighted by atomic mass is 35.5. The van der Waals surface area contributed by atoms with Crippen LogP contribution in [0.4, 0.5) is 0 Å². The first-order valence-electron chi connectivity index (χ1n) is 3.36. The van der Waals surface area contributed by atoms with Crippen molar-refractivity contribution in [3.05, 3.63) is 0 Å². The van der Waals surface area contributed by atoms with E-state index in [2.05, 4.69) is 0 Å². The van der Waals surface area contributed by atoms with Crippen molar-refractivity contribution in [2.75, 3.05) is 0 Å². The van der Waals surface area contributed by atoms with Gasteiger partial charge in [0.25, 0.3) is 0 Å². The SMILES string of the molecule is CC(O)P(=O)(C(C)O)C(Cl)C#N. The van der Waals surface area contributed by atoms with Crippen molar-refractivity contribution >= 4 is 18.7 Å². The highest BCUT2D eigenvalue weighted by Gasteiger charge is 2.41. The van der Waals surface area contributed by atoms with Crippen molar-refractivity contribution in [3.8, 4) is 6.07 Å². The number of alkyl halides is 1. The minimum Gasteiger partial charge on any atom is -0.385 e. The molecule has 70 valence electrons. The highest BCUT2D eigenvalue weighted by molar-refractivity contribution is 7.67. The normalized spacial score (nSPS) is 23.3. The van der Waals surface area contributed by atoms with Crippen molar-refractivity contribution in [3.63, 3.8) is 0 Å². The average molecular weight is 212 g/mol. The molecule has 0 rings (SSSR count). The maximum atomic E-state index is 11.7. The van der Waals surface area contributed by atoms with Gasteiger partial charge >= 0.3 is 0 Å². The van der Waals surface area contributed by atoms with Crippen molar-refractivity contribution in [2.45, 2.75) is 30.7 Å². The number of nitriles is 1. The Kier molecular flexibility index (Phi) is 4.22. The Balaban J connectivity index is 4.92. The summed E-state index contributed by atoms with van der Waals surface area (Å²) < 4.78 is 11.7. The van der Waals surface area contributed by atoms with E-state index < -0.39 is 24.0 Å². The van der Waals surface area contributed by atoms with Gasteiger partial charge in [0, 0.05) is 0 Å². The molecule has 0 saturated heterocycles. The molecule has 3 atom stereocenters. The number of aliphatic hydroxyl groups excluding tert-OH is 2. The Morgan fingerprint density at radius 1 is 1.42 bits per heavy atom. The monoisotopic (exact) mass is 211 g/mol. The molecule has 12 heavy (non-hydrogen) atoms. The van der Waals surface area contributed by atoms with Gasteiger partial charge in [-0.15, -0.1) is 0 Å². The quantitative estimate of drug-likeness (QED) is 0.541. The lowest BCUT2D eigenvalue weighted by atomic mass is 10.8. The van der Waals surface area contributed by atoms with Gasteiger partial charge in [-0.05, 0) is 13.8 Å². The van der Waals surface area contributed by atoms with E-state index in [1.54, 1.807) is 6.07 Å². The molecule has 4 nitrogen and oxygen atoms in total. The summed E-state index contributed by atoms with van der Waals surface area (Å²) in [5.41, 5.74) is 0. The molecule has 0 spiro atoms. The fourth-order valence-corrected chi connectivity index (χ4v) is 3.32. The molecular formula is C6H11ClNO3P. The molecule has 0 aliphatic carbocycles. The fraction of sp³-hybridized carbons (Fsp3) is 0.833. The van der Waals surface area contributed by atoms with Crippen LogP contribution in [0.1, 0.15) is 13.8 Å². The summed E-state index contributed by atoms with van der Waals surface area (Å²) in [6.45, 7) is 2.50. The van der Waals surface area contributed by atoms with Gasteiger partial charge in [0.1, 0.15) is 11.7 Å². The van der Waals surface area contributed by atoms with E-state index in [4.69, 9.17) is 27.1 Å². The predicted molar refractivity (Wildman–Crippen MR) is 46.2 cm³/mol. The van der Waals surface area contributed by atoms with Crippen molar-refractivity contribution < 1.29 is 14.8 Å². The maximum absolute atomic E-state index is 11.7. The van der Waals surface area contributed by atoms with Crippen LogP contribution in [-0.2, 0) is 4.57 Å². The van der Waals surface area contributed by atoms with Crippen LogP contribution in [0.25, 0.3) is 0 Å². The number of hydrogen-bond donors (Lipinski definition) is 2. The standard InChI is InChI=1S/C6H11ClNO3P/c1-4(9)12(11,5(2)10)6(7)3-8/h4-6,9-10H,1-2H3. The Hall–Kier alpha value is -0.0700. The summed E-state index contributed by atoms with van der Waals surface area (Å²) >= 11 is 5.42. The third kappa shape index (κ3) is 1.99. The van der Waals surface area contributed by atoms with Gasteiger partial charge in [0.15, 0.2) is 12.3 Å². The summed E-state index contributed by atoms with van der Waals surface area (Å²) in [6.07, 6.45) is 0. The van der Waals surface area contributed by atoms with Crippen LogP contribution in [0.5, 0.6) is 0 Å². The van der Waals surface area contributed by atoms with Gasteiger partial charge in [0.05, 0.1) is 6.07 Å². The third-order valence-electron chi connectivity index (χ3n) is 1.63. The van der Waals surface area contributed by atoms with E-state index in [-0.39, 0.29) is 0 Å². The third-order valence-corrected chi connectivity index (χ3v) is 5.80. The second kappa shape index (κ2) is 4.25. The van der Waals surface area contributed by atoms with Crippen LogP contribution in [0.3, 0.4) is 0 Å². The first kappa shape index (κ1) is 11.9. The van der Waals surface area contributed by atoms with Crippen LogP contribution in [-0.4, -0.2) is 27.0 Å². The second-order valence-corrected chi connectivity index (χ2v) is 6.77. The highest BCUT2D eigenvalue weighted by Crippen LogP contribution is 2.58. The lowest BCUT2D eigenvalue weighted by Crippen LogP contribution is -2.19. The molecule has 0 amide bonds. The lowest BCUT2D eigenvalue weighted by molar-refractivity contribution is 0.227. The van der Waals surface area contributed by atoms with E-state index in [1.165, 1.54) is 13.8 Å². The summed E-state index contributed by atoms with van der Waals surface area (Å²) in [5.74, 6) is -2.53. The Morgan fingerprint density at radius 2 is 1.75 bits per heavy atom. The first-order valence-corrected chi connectivity index (χ1v) is 5.71. The van der Waals surface area contributed by atoms with E-state index in [0.717, 1.165) is 0 Å². The minimum atomic E-state index is -3.44. The number of hydrogen-bond acceptors (Lipinski definition) is 4. The zero-order valence-electron chi connectivity index (χ0n) is 6.81. The van der Waals surface area contributed by atoms with Crippen LogP contribution in [0.15, 0.2) is 0 Å². The molecule has 0 fully saturated rings. The molecule has 0 heterocycles. The molecule has 2 N–H and O–H groups in total. The molecule has 0 radical (unpaired) electrons.